The van der Waals surface area contributed by atoms with Crippen LogP contribution in [0.25, 0.3) is 0 Å². The van der Waals surface area contributed by atoms with E-state index in [1.807, 2.05) is 18.2 Å². The van der Waals surface area contributed by atoms with Gasteiger partial charge in [-0.25, -0.2) is 0 Å². The molecule has 3 rings (SSSR count). The molecule has 0 unspecified atom stereocenters. The number of amides is 2. The summed E-state index contributed by atoms with van der Waals surface area (Å²) in [6.45, 7) is 1.30. The lowest BCUT2D eigenvalue weighted by Gasteiger charge is -2.24. The van der Waals surface area contributed by atoms with Gasteiger partial charge in [-0.1, -0.05) is 18.2 Å². The third kappa shape index (κ3) is 2.41. The van der Waals surface area contributed by atoms with E-state index in [9.17, 15) is 9.59 Å². The Kier molecular flexibility index (Phi) is 3.22. The van der Waals surface area contributed by atoms with Crippen molar-refractivity contribution in [2.24, 2.45) is 5.73 Å². The minimum Gasteiger partial charge on any atom is -0.339 e. The van der Waals surface area contributed by atoms with E-state index in [1.54, 1.807) is 17.0 Å². The second-order valence-corrected chi connectivity index (χ2v) is 5.70. The van der Waals surface area contributed by atoms with Gasteiger partial charge in [0.2, 0.25) is 5.91 Å². The van der Waals surface area contributed by atoms with Crippen LogP contribution in [0.5, 0.6) is 0 Å². The summed E-state index contributed by atoms with van der Waals surface area (Å²) in [7, 11) is 0. The van der Waals surface area contributed by atoms with E-state index >= 15 is 0 Å². The molecule has 1 aromatic rings. The van der Waals surface area contributed by atoms with Crippen molar-refractivity contribution < 1.29 is 9.59 Å². The molecule has 2 amide bonds. The molecule has 0 radical (unpaired) electrons. The summed E-state index contributed by atoms with van der Waals surface area (Å²) in [6.07, 6.45) is 2.28. The minimum atomic E-state index is -0.684. The van der Waals surface area contributed by atoms with Gasteiger partial charge in [-0.05, 0) is 31.4 Å². The van der Waals surface area contributed by atoms with Crippen molar-refractivity contribution in [2.45, 2.75) is 30.8 Å². The van der Waals surface area contributed by atoms with Crippen LogP contribution in [0.4, 0.5) is 0 Å². The molecule has 3 N–H and O–H groups in total. The molecule has 1 saturated heterocycles. The van der Waals surface area contributed by atoms with Crippen LogP contribution in [0.1, 0.15) is 29.6 Å². The number of carbonyl (C=O) groups excluding carboxylic acids is 2. The monoisotopic (exact) mass is 273 g/mol. The van der Waals surface area contributed by atoms with E-state index < -0.39 is 5.54 Å². The molecule has 0 bridgehead atoms. The largest absolute Gasteiger partial charge is 0.339 e. The van der Waals surface area contributed by atoms with Crippen molar-refractivity contribution in [3.8, 4) is 0 Å². The Balaban J connectivity index is 1.67. The van der Waals surface area contributed by atoms with Gasteiger partial charge in [0.05, 0.1) is 0 Å². The highest BCUT2D eigenvalue weighted by Gasteiger charge is 2.53. The minimum absolute atomic E-state index is 0.0229. The summed E-state index contributed by atoms with van der Waals surface area (Å²) in [4.78, 5) is 26.5. The predicted octanol–water partition coefficient (Wildman–Crippen LogP) is 0.509. The fourth-order valence-corrected chi connectivity index (χ4v) is 2.67. The first kappa shape index (κ1) is 13.1. The summed E-state index contributed by atoms with van der Waals surface area (Å²) in [5, 5.41) is 2.90. The van der Waals surface area contributed by atoms with Crippen LogP contribution in [-0.2, 0) is 4.79 Å². The van der Waals surface area contributed by atoms with Gasteiger partial charge in [0.25, 0.3) is 5.91 Å². The van der Waals surface area contributed by atoms with Crippen LogP contribution in [-0.4, -0.2) is 41.4 Å². The number of carbonyl (C=O) groups is 2. The smallest absolute Gasteiger partial charge is 0.252 e. The predicted molar refractivity (Wildman–Crippen MR) is 75.0 cm³/mol. The van der Waals surface area contributed by atoms with Gasteiger partial charge in [-0.2, -0.15) is 0 Å². The lowest BCUT2D eigenvalue weighted by molar-refractivity contribution is -0.133. The van der Waals surface area contributed by atoms with Crippen molar-refractivity contribution in [1.29, 1.82) is 0 Å². The highest BCUT2D eigenvalue weighted by molar-refractivity contribution is 6.00. The van der Waals surface area contributed by atoms with Crippen molar-refractivity contribution >= 4 is 11.8 Å². The molecule has 2 fully saturated rings. The molecule has 5 nitrogen and oxygen atoms in total. The lowest BCUT2D eigenvalue weighted by atomic mass is 10.1. The topological polar surface area (TPSA) is 75.4 Å². The van der Waals surface area contributed by atoms with Gasteiger partial charge in [0, 0.05) is 24.7 Å². The molecular formula is C15H19N3O2. The first-order chi connectivity index (χ1) is 9.61. The van der Waals surface area contributed by atoms with Crippen LogP contribution < -0.4 is 11.1 Å². The van der Waals surface area contributed by atoms with Crippen LogP contribution in [0, 0.1) is 0 Å². The molecule has 2 aliphatic rings. The first-order valence-corrected chi connectivity index (χ1v) is 7.03. The van der Waals surface area contributed by atoms with E-state index in [0.717, 1.165) is 19.3 Å². The first-order valence-electron chi connectivity index (χ1n) is 7.03. The molecule has 1 atom stereocenters. The van der Waals surface area contributed by atoms with Gasteiger partial charge in [0.15, 0.2) is 0 Å². The van der Waals surface area contributed by atoms with E-state index in [1.165, 1.54) is 0 Å². The van der Waals surface area contributed by atoms with Gasteiger partial charge < -0.3 is 16.0 Å². The number of rotatable bonds is 3. The molecule has 1 aliphatic carbocycles. The number of likely N-dealkylation sites (tertiary alicyclic amines) is 1. The van der Waals surface area contributed by atoms with Crippen molar-refractivity contribution in [3.05, 3.63) is 35.9 Å². The van der Waals surface area contributed by atoms with Gasteiger partial charge in [-0.15, -0.1) is 0 Å². The maximum atomic E-state index is 12.5. The lowest BCUT2D eigenvalue weighted by Crippen LogP contribution is -2.50. The fourth-order valence-electron chi connectivity index (χ4n) is 2.67. The second-order valence-electron chi connectivity index (χ2n) is 5.70. The number of nitrogens with two attached hydrogens (primary N) is 1. The average Bonchev–Trinajstić information content (AvgIpc) is 3.12. The number of hydrogen-bond acceptors (Lipinski definition) is 3. The summed E-state index contributed by atoms with van der Waals surface area (Å²) in [5.41, 5.74) is 5.74. The van der Waals surface area contributed by atoms with Crippen molar-refractivity contribution in [1.82, 2.24) is 10.2 Å². The van der Waals surface area contributed by atoms with Gasteiger partial charge in [0.1, 0.15) is 5.54 Å². The van der Waals surface area contributed by atoms with Gasteiger partial charge >= 0.3 is 0 Å². The van der Waals surface area contributed by atoms with E-state index in [4.69, 9.17) is 5.73 Å². The molecule has 1 aliphatic heterocycles. The molecule has 106 valence electrons. The Hall–Kier alpha value is -1.88. The summed E-state index contributed by atoms with van der Waals surface area (Å²) in [5.74, 6) is -0.158. The van der Waals surface area contributed by atoms with Crippen molar-refractivity contribution in [2.75, 3.05) is 13.1 Å². The highest BCUT2D eigenvalue weighted by Crippen LogP contribution is 2.38. The molecule has 20 heavy (non-hydrogen) atoms. The van der Waals surface area contributed by atoms with Crippen LogP contribution in [0.3, 0.4) is 0 Å². The summed E-state index contributed by atoms with van der Waals surface area (Å²) in [6, 6.07) is 9.06. The molecule has 1 aromatic carbocycles. The summed E-state index contributed by atoms with van der Waals surface area (Å²) < 4.78 is 0. The molecule has 1 heterocycles. The Morgan fingerprint density at radius 1 is 1.25 bits per heavy atom. The van der Waals surface area contributed by atoms with Gasteiger partial charge in [-0.3, -0.25) is 9.59 Å². The number of nitrogens with one attached hydrogen (secondary N) is 1. The number of hydrogen-bond donors (Lipinski definition) is 2. The second kappa shape index (κ2) is 4.90. The van der Waals surface area contributed by atoms with E-state index in [0.29, 0.717) is 18.7 Å². The molecule has 1 saturated carbocycles. The van der Waals surface area contributed by atoms with Crippen molar-refractivity contribution in [3.63, 3.8) is 0 Å². The number of nitrogens with zero attached hydrogens (tertiary/aromatic N) is 1. The average molecular weight is 273 g/mol. The zero-order chi connectivity index (χ0) is 14.2. The number of benzene rings is 1. The third-order valence-corrected chi connectivity index (χ3v) is 4.06. The third-order valence-electron chi connectivity index (χ3n) is 4.06. The van der Waals surface area contributed by atoms with E-state index in [2.05, 4.69) is 5.32 Å². The summed E-state index contributed by atoms with van der Waals surface area (Å²) >= 11 is 0. The Morgan fingerprint density at radius 2 is 1.95 bits per heavy atom. The molecule has 0 aromatic heterocycles. The maximum Gasteiger partial charge on any atom is 0.252 e. The molecule has 0 spiro atoms. The van der Waals surface area contributed by atoms with Crippen LogP contribution in [0.2, 0.25) is 0 Å². The SMILES string of the molecule is N[C@@H]1CCN(C(=O)C2(NC(=O)c3ccccc3)CC2)C1. The van der Waals surface area contributed by atoms with Crippen LogP contribution >= 0.6 is 0 Å². The normalized spacial score (nSPS) is 23.4. The Morgan fingerprint density at radius 3 is 2.50 bits per heavy atom. The zero-order valence-electron chi connectivity index (χ0n) is 11.3. The fraction of sp³-hybridized carbons (Fsp3) is 0.467. The maximum absolute atomic E-state index is 12.5. The molecular weight excluding hydrogens is 254 g/mol. The van der Waals surface area contributed by atoms with E-state index in [-0.39, 0.29) is 17.9 Å². The van der Waals surface area contributed by atoms with Crippen LogP contribution in [0.15, 0.2) is 30.3 Å². The molecule has 5 heteroatoms. The Labute approximate surface area is 118 Å². The zero-order valence-corrected chi connectivity index (χ0v) is 11.3. The standard InChI is InChI=1S/C15H19N3O2/c16-12-6-9-18(10-12)14(20)15(7-8-15)17-13(19)11-4-2-1-3-5-11/h1-5,12H,6-10,16H2,(H,17,19)/t12-/m1/s1. The highest BCUT2D eigenvalue weighted by atomic mass is 16.2. The quantitative estimate of drug-likeness (QED) is 0.842. The Bertz CT molecular complexity index is 525.